The van der Waals surface area contributed by atoms with Crippen LogP contribution in [0, 0.1) is 15.9 Å². The summed E-state index contributed by atoms with van der Waals surface area (Å²) < 4.78 is 18.6. The average Bonchev–Trinajstić information content (AvgIpc) is 2.81. The molecule has 0 fully saturated rings. The van der Waals surface area contributed by atoms with Crippen LogP contribution in [-0.2, 0) is 9.53 Å². The third-order valence-electron chi connectivity index (χ3n) is 2.90. The first-order valence-corrected chi connectivity index (χ1v) is 5.28. The molecule has 2 atom stereocenters. The highest BCUT2D eigenvalue weighted by atomic mass is 19.1. The van der Waals surface area contributed by atoms with Crippen LogP contribution in [0.25, 0.3) is 0 Å². The third kappa shape index (κ3) is 1.77. The normalized spacial score (nSPS) is 23.1. The maximum atomic E-state index is 13.6. The minimum absolute atomic E-state index is 0.00116. The highest BCUT2D eigenvalue weighted by Gasteiger charge is 2.47. The lowest BCUT2D eigenvalue weighted by Gasteiger charge is -2.12. The number of rotatable bonds is 3. The Bertz CT molecular complexity index is 549. The van der Waals surface area contributed by atoms with Gasteiger partial charge in [-0.2, -0.15) is 0 Å². The minimum atomic E-state index is -1.47. The van der Waals surface area contributed by atoms with Crippen molar-refractivity contribution in [3.05, 3.63) is 45.2 Å². The van der Waals surface area contributed by atoms with Crippen LogP contribution < -0.4 is 0 Å². The molecule has 2 unspecified atom stereocenters. The number of halogens is 1. The number of carbonyl (C=O) groups is 1. The number of hydrogen-bond acceptors (Lipinski definition) is 4. The lowest BCUT2D eigenvalue weighted by molar-refractivity contribution is -0.570. The number of carbonyl (C=O) groups excluding carboxylic acids is 1. The van der Waals surface area contributed by atoms with E-state index in [4.69, 9.17) is 4.74 Å². The summed E-state index contributed by atoms with van der Waals surface area (Å²) in [5, 5.41) is 10.9. The van der Waals surface area contributed by atoms with Gasteiger partial charge in [0, 0.05) is 6.20 Å². The van der Waals surface area contributed by atoms with Gasteiger partial charge >= 0.3 is 6.23 Å². The average molecular weight is 254 g/mol. The molecular formula is C11H11FN2O4. The SMILES string of the molecule is CC(=O)C1=C(C)OC([N+](=O)[O-])C1c1[nH]ccc1F. The molecular weight excluding hydrogens is 243 g/mol. The molecule has 2 heterocycles. The number of hydrogen-bond donors (Lipinski definition) is 1. The Morgan fingerprint density at radius 3 is 2.72 bits per heavy atom. The van der Waals surface area contributed by atoms with Gasteiger partial charge in [0.1, 0.15) is 17.5 Å². The lowest BCUT2D eigenvalue weighted by atomic mass is 9.92. The van der Waals surface area contributed by atoms with Crippen LogP contribution in [0.3, 0.4) is 0 Å². The first-order chi connectivity index (χ1) is 8.43. The second-order valence-electron chi connectivity index (χ2n) is 4.04. The largest absolute Gasteiger partial charge is 0.434 e. The highest BCUT2D eigenvalue weighted by molar-refractivity contribution is 5.95. The van der Waals surface area contributed by atoms with Crippen LogP contribution in [0.2, 0.25) is 0 Å². The summed E-state index contributed by atoms with van der Waals surface area (Å²) in [6.07, 6.45) is -0.148. The fraction of sp³-hybridized carbons (Fsp3) is 0.364. The van der Waals surface area contributed by atoms with E-state index in [0.717, 1.165) is 6.07 Å². The molecule has 0 saturated heterocycles. The smallest absolute Gasteiger partial charge is 0.366 e. The number of nitro groups is 1. The second kappa shape index (κ2) is 4.25. The van der Waals surface area contributed by atoms with E-state index in [1.165, 1.54) is 20.0 Å². The van der Waals surface area contributed by atoms with Crippen molar-refractivity contribution in [2.75, 3.05) is 0 Å². The van der Waals surface area contributed by atoms with Crippen LogP contribution in [-0.4, -0.2) is 21.9 Å². The van der Waals surface area contributed by atoms with Gasteiger partial charge in [0.25, 0.3) is 0 Å². The lowest BCUT2D eigenvalue weighted by Crippen LogP contribution is -2.28. The van der Waals surface area contributed by atoms with E-state index in [2.05, 4.69) is 4.98 Å². The number of aromatic nitrogens is 1. The van der Waals surface area contributed by atoms with E-state index in [9.17, 15) is 19.3 Å². The standard InChI is InChI=1S/C11H11FN2O4/c1-5(15)8-6(2)18-11(14(16)17)9(8)10-7(12)3-4-13-10/h3-4,9,11,13H,1-2H3. The van der Waals surface area contributed by atoms with Gasteiger partial charge in [-0.15, -0.1) is 0 Å². The van der Waals surface area contributed by atoms with E-state index < -0.39 is 22.9 Å². The van der Waals surface area contributed by atoms with Crippen LogP contribution in [0.15, 0.2) is 23.6 Å². The Labute approximate surface area is 102 Å². The molecule has 1 aromatic rings. The van der Waals surface area contributed by atoms with Gasteiger partial charge in [-0.1, -0.05) is 0 Å². The van der Waals surface area contributed by atoms with Gasteiger partial charge in [0.2, 0.25) is 0 Å². The Balaban J connectivity index is 2.53. The molecule has 0 radical (unpaired) electrons. The summed E-state index contributed by atoms with van der Waals surface area (Å²) in [6, 6.07) is 1.15. The number of ether oxygens (including phenoxy) is 1. The monoisotopic (exact) mass is 254 g/mol. The number of H-pyrrole nitrogens is 1. The van der Waals surface area contributed by atoms with Crippen molar-refractivity contribution in [2.24, 2.45) is 0 Å². The van der Waals surface area contributed by atoms with E-state index in [1.54, 1.807) is 0 Å². The first kappa shape index (κ1) is 12.3. The molecule has 96 valence electrons. The van der Waals surface area contributed by atoms with Crippen molar-refractivity contribution < 1.29 is 18.8 Å². The molecule has 0 bridgehead atoms. The number of nitrogens with one attached hydrogen (secondary N) is 1. The Kier molecular flexibility index (Phi) is 2.90. The quantitative estimate of drug-likeness (QED) is 0.657. The Morgan fingerprint density at radius 2 is 2.28 bits per heavy atom. The predicted octanol–water partition coefficient (Wildman–Crippen LogP) is 1.73. The summed E-state index contributed by atoms with van der Waals surface area (Å²) in [5.41, 5.74) is 0.136. The van der Waals surface area contributed by atoms with Crippen LogP contribution in [0.1, 0.15) is 25.5 Å². The summed E-state index contributed by atoms with van der Waals surface area (Å²) in [6.45, 7) is 2.74. The number of Topliss-reactive ketones (excluding diaryl/α,β-unsaturated/α-hetero) is 1. The number of ketones is 1. The summed E-state index contributed by atoms with van der Waals surface area (Å²) >= 11 is 0. The molecule has 1 N–H and O–H groups in total. The second-order valence-corrected chi connectivity index (χ2v) is 4.04. The van der Waals surface area contributed by atoms with Gasteiger partial charge in [0.05, 0.1) is 16.2 Å². The van der Waals surface area contributed by atoms with Crippen molar-refractivity contribution in [1.29, 1.82) is 0 Å². The topological polar surface area (TPSA) is 85.2 Å². The van der Waals surface area contributed by atoms with Crippen molar-refractivity contribution in [1.82, 2.24) is 4.98 Å². The zero-order valence-corrected chi connectivity index (χ0v) is 9.77. The molecule has 6 nitrogen and oxygen atoms in total. The van der Waals surface area contributed by atoms with E-state index >= 15 is 0 Å². The number of allylic oxidation sites excluding steroid dienone is 1. The summed E-state index contributed by atoms with van der Waals surface area (Å²) in [4.78, 5) is 24.4. The van der Waals surface area contributed by atoms with Gasteiger partial charge in [-0.05, 0) is 19.9 Å². The van der Waals surface area contributed by atoms with Gasteiger partial charge in [-0.3, -0.25) is 14.9 Å². The van der Waals surface area contributed by atoms with Crippen molar-refractivity contribution in [3.63, 3.8) is 0 Å². The highest BCUT2D eigenvalue weighted by Crippen LogP contribution is 2.39. The van der Waals surface area contributed by atoms with Crippen LogP contribution >= 0.6 is 0 Å². The fourth-order valence-corrected chi connectivity index (χ4v) is 2.19. The van der Waals surface area contributed by atoms with Gasteiger partial charge in [-0.25, -0.2) is 4.39 Å². The number of aromatic amines is 1. The molecule has 0 aromatic carbocycles. The Morgan fingerprint density at radius 1 is 1.61 bits per heavy atom. The van der Waals surface area contributed by atoms with Crippen LogP contribution in [0.5, 0.6) is 0 Å². The van der Waals surface area contributed by atoms with Crippen molar-refractivity contribution in [3.8, 4) is 0 Å². The maximum Gasteiger partial charge on any atom is 0.366 e. The third-order valence-corrected chi connectivity index (χ3v) is 2.90. The van der Waals surface area contributed by atoms with Crippen molar-refractivity contribution >= 4 is 5.78 Å². The minimum Gasteiger partial charge on any atom is -0.434 e. The van der Waals surface area contributed by atoms with E-state index in [0.29, 0.717) is 0 Å². The molecule has 7 heteroatoms. The summed E-state index contributed by atoms with van der Waals surface area (Å²) in [7, 11) is 0. The molecule has 0 saturated carbocycles. The van der Waals surface area contributed by atoms with Crippen LogP contribution in [0.4, 0.5) is 4.39 Å². The maximum absolute atomic E-state index is 13.6. The molecule has 2 rings (SSSR count). The van der Waals surface area contributed by atoms with Gasteiger partial charge < -0.3 is 9.72 Å². The van der Waals surface area contributed by atoms with E-state index in [-0.39, 0.29) is 22.8 Å². The molecule has 0 amide bonds. The zero-order chi connectivity index (χ0) is 13.4. The molecule has 1 aliphatic rings. The zero-order valence-electron chi connectivity index (χ0n) is 9.77. The predicted molar refractivity (Wildman–Crippen MR) is 58.7 cm³/mol. The van der Waals surface area contributed by atoms with Gasteiger partial charge in [0.15, 0.2) is 5.78 Å². The summed E-state index contributed by atoms with van der Waals surface area (Å²) in [5.74, 6) is -1.85. The van der Waals surface area contributed by atoms with E-state index in [1.807, 2.05) is 0 Å². The molecule has 1 aliphatic heterocycles. The fourth-order valence-electron chi connectivity index (χ4n) is 2.19. The number of nitrogens with zero attached hydrogens (tertiary/aromatic N) is 1. The molecule has 0 spiro atoms. The first-order valence-electron chi connectivity index (χ1n) is 5.28. The molecule has 18 heavy (non-hydrogen) atoms. The molecule has 0 aliphatic carbocycles. The van der Waals surface area contributed by atoms with Crippen molar-refractivity contribution in [2.45, 2.75) is 26.0 Å². The molecule has 1 aromatic heterocycles. The Hall–Kier alpha value is -2.18.